The first-order chi connectivity index (χ1) is 7.04. The summed E-state index contributed by atoms with van der Waals surface area (Å²) in [5.74, 6) is -1.66. The molecule has 0 aromatic heterocycles. The Labute approximate surface area is 87.7 Å². The van der Waals surface area contributed by atoms with Crippen molar-refractivity contribution in [2.24, 2.45) is 5.92 Å². The molecule has 1 aromatic carbocycles. The molecule has 1 aliphatic rings. The minimum atomic E-state index is -0.978. The molecule has 1 aromatic rings. The average Bonchev–Trinajstić information content (AvgIpc) is 2.53. The van der Waals surface area contributed by atoms with Gasteiger partial charge in [0.1, 0.15) is 0 Å². The average molecular weight is 212 g/mol. The highest BCUT2D eigenvalue weighted by Gasteiger charge is 2.39. The second-order valence-electron chi connectivity index (χ2n) is 4.35. The van der Waals surface area contributed by atoms with Crippen molar-refractivity contribution in [2.45, 2.75) is 31.8 Å². The number of hydrogen-bond acceptors (Lipinski definition) is 1. The van der Waals surface area contributed by atoms with Crippen LogP contribution in [0.4, 0.5) is 8.78 Å². The van der Waals surface area contributed by atoms with Crippen molar-refractivity contribution in [2.75, 3.05) is 0 Å². The van der Waals surface area contributed by atoms with Crippen LogP contribution in [0.3, 0.4) is 0 Å². The maximum atomic E-state index is 13.0. The lowest BCUT2D eigenvalue weighted by Crippen LogP contribution is -2.28. The summed E-state index contributed by atoms with van der Waals surface area (Å²) in [4.78, 5) is 0. The minimum absolute atomic E-state index is 0.0994. The highest BCUT2D eigenvalue weighted by Crippen LogP contribution is 2.43. The van der Waals surface area contributed by atoms with Crippen LogP contribution in [-0.2, 0) is 5.60 Å². The zero-order valence-corrected chi connectivity index (χ0v) is 8.63. The fraction of sp³-hybridized carbons (Fsp3) is 0.500. The third-order valence-electron chi connectivity index (χ3n) is 3.43. The summed E-state index contributed by atoms with van der Waals surface area (Å²) < 4.78 is 25.8. The van der Waals surface area contributed by atoms with Gasteiger partial charge in [0, 0.05) is 0 Å². The molecule has 1 fully saturated rings. The molecule has 3 heteroatoms. The number of rotatable bonds is 1. The Bertz CT molecular complexity index is 378. The van der Waals surface area contributed by atoms with Gasteiger partial charge in [-0.2, -0.15) is 0 Å². The Hall–Kier alpha value is -0.960. The Balaban J connectivity index is 2.40. The van der Waals surface area contributed by atoms with Crippen LogP contribution in [0, 0.1) is 17.6 Å². The molecule has 0 saturated heterocycles. The van der Waals surface area contributed by atoms with E-state index in [2.05, 4.69) is 0 Å². The normalized spacial score (nSPS) is 30.8. The van der Waals surface area contributed by atoms with Crippen LogP contribution in [0.15, 0.2) is 18.2 Å². The summed E-state index contributed by atoms with van der Waals surface area (Å²) >= 11 is 0. The van der Waals surface area contributed by atoms with Crippen LogP contribution >= 0.6 is 0 Å². The Morgan fingerprint density at radius 2 is 2.07 bits per heavy atom. The lowest BCUT2D eigenvalue weighted by atomic mass is 9.85. The van der Waals surface area contributed by atoms with E-state index >= 15 is 0 Å². The third kappa shape index (κ3) is 1.65. The maximum absolute atomic E-state index is 13.0. The first-order valence-corrected chi connectivity index (χ1v) is 5.22. The SMILES string of the molecule is CC1CCCC1(O)c1ccc(F)c(F)c1. The second kappa shape index (κ2) is 3.56. The van der Waals surface area contributed by atoms with E-state index in [4.69, 9.17) is 0 Å². The quantitative estimate of drug-likeness (QED) is 0.758. The predicted molar refractivity (Wildman–Crippen MR) is 53.3 cm³/mol. The Morgan fingerprint density at radius 3 is 2.60 bits per heavy atom. The number of hydrogen-bond donors (Lipinski definition) is 1. The number of halogens is 2. The molecule has 1 N–H and O–H groups in total. The molecule has 2 unspecified atom stereocenters. The van der Waals surface area contributed by atoms with Crippen LogP contribution in [-0.4, -0.2) is 5.11 Å². The molecule has 1 aliphatic carbocycles. The van der Waals surface area contributed by atoms with E-state index in [1.807, 2.05) is 6.92 Å². The van der Waals surface area contributed by atoms with Gasteiger partial charge >= 0.3 is 0 Å². The predicted octanol–water partition coefficient (Wildman–Crippen LogP) is 2.97. The maximum Gasteiger partial charge on any atom is 0.159 e. The Morgan fingerprint density at radius 1 is 1.33 bits per heavy atom. The van der Waals surface area contributed by atoms with Gasteiger partial charge in [0.15, 0.2) is 11.6 Å². The van der Waals surface area contributed by atoms with Gasteiger partial charge in [0.2, 0.25) is 0 Å². The van der Waals surface area contributed by atoms with Crippen LogP contribution in [0.25, 0.3) is 0 Å². The van der Waals surface area contributed by atoms with Crippen molar-refractivity contribution in [3.8, 4) is 0 Å². The van der Waals surface area contributed by atoms with E-state index < -0.39 is 17.2 Å². The van der Waals surface area contributed by atoms with Gasteiger partial charge < -0.3 is 5.11 Å². The molecule has 1 saturated carbocycles. The summed E-state index contributed by atoms with van der Waals surface area (Å²) in [6.07, 6.45) is 2.48. The molecular weight excluding hydrogens is 198 g/mol. The minimum Gasteiger partial charge on any atom is -0.385 e. The van der Waals surface area contributed by atoms with E-state index in [9.17, 15) is 13.9 Å². The topological polar surface area (TPSA) is 20.2 Å². The summed E-state index contributed by atoms with van der Waals surface area (Å²) in [7, 11) is 0. The van der Waals surface area contributed by atoms with Gasteiger partial charge in [-0.1, -0.05) is 13.0 Å². The molecule has 0 radical (unpaired) electrons. The van der Waals surface area contributed by atoms with Crippen molar-refractivity contribution in [3.63, 3.8) is 0 Å². The van der Waals surface area contributed by atoms with Crippen LogP contribution in [0.5, 0.6) is 0 Å². The fourth-order valence-electron chi connectivity index (χ4n) is 2.36. The molecule has 0 aliphatic heterocycles. The van der Waals surface area contributed by atoms with Crippen molar-refractivity contribution in [1.82, 2.24) is 0 Å². The van der Waals surface area contributed by atoms with Crippen molar-refractivity contribution in [3.05, 3.63) is 35.4 Å². The first kappa shape index (κ1) is 10.6. The summed E-state index contributed by atoms with van der Waals surface area (Å²) in [5, 5.41) is 10.4. The van der Waals surface area contributed by atoms with Gasteiger partial charge in [-0.25, -0.2) is 8.78 Å². The lowest BCUT2D eigenvalue weighted by Gasteiger charge is -2.28. The van der Waals surface area contributed by atoms with Gasteiger partial charge in [0.25, 0.3) is 0 Å². The molecule has 0 spiro atoms. The smallest absolute Gasteiger partial charge is 0.159 e. The van der Waals surface area contributed by atoms with Gasteiger partial charge in [0.05, 0.1) is 5.60 Å². The monoisotopic (exact) mass is 212 g/mol. The number of aliphatic hydroxyl groups is 1. The second-order valence-corrected chi connectivity index (χ2v) is 4.35. The van der Waals surface area contributed by atoms with Gasteiger partial charge in [-0.05, 0) is 42.9 Å². The first-order valence-electron chi connectivity index (χ1n) is 5.22. The molecule has 2 atom stereocenters. The van der Waals surface area contributed by atoms with E-state index in [0.29, 0.717) is 12.0 Å². The highest BCUT2D eigenvalue weighted by molar-refractivity contribution is 5.26. The number of benzene rings is 1. The zero-order chi connectivity index (χ0) is 11.1. The van der Waals surface area contributed by atoms with E-state index in [1.165, 1.54) is 6.07 Å². The van der Waals surface area contributed by atoms with Crippen molar-refractivity contribution >= 4 is 0 Å². The molecule has 1 nitrogen and oxygen atoms in total. The lowest BCUT2D eigenvalue weighted by molar-refractivity contribution is 0.00412. The molecular formula is C12H14F2O. The van der Waals surface area contributed by atoms with Crippen molar-refractivity contribution < 1.29 is 13.9 Å². The summed E-state index contributed by atoms with van der Waals surface area (Å²) in [5.41, 5.74) is -0.486. The van der Waals surface area contributed by atoms with E-state index in [-0.39, 0.29) is 5.92 Å². The molecule has 0 amide bonds. The van der Waals surface area contributed by atoms with Crippen LogP contribution in [0.2, 0.25) is 0 Å². The van der Waals surface area contributed by atoms with Crippen molar-refractivity contribution in [1.29, 1.82) is 0 Å². The van der Waals surface area contributed by atoms with E-state index in [1.54, 1.807) is 0 Å². The van der Waals surface area contributed by atoms with E-state index in [0.717, 1.165) is 25.0 Å². The fourth-order valence-corrected chi connectivity index (χ4v) is 2.36. The largest absolute Gasteiger partial charge is 0.385 e. The summed E-state index contributed by atoms with van der Waals surface area (Å²) in [6, 6.07) is 3.66. The molecule has 0 bridgehead atoms. The molecule has 15 heavy (non-hydrogen) atoms. The Kier molecular flexibility index (Phi) is 2.51. The molecule has 82 valence electrons. The van der Waals surface area contributed by atoms with Crippen LogP contribution < -0.4 is 0 Å². The molecule has 2 rings (SSSR count). The highest BCUT2D eigenvalue weighted by atomic mass is 19.2. The van der Waals surface area contributed by atoms with Crippen LogP contribution in [0.1, 0.15) is 31.7 Å². The summed E-state index contributed by atoms with van der Waals surface area (Å²) in [6.45, 7) is 1.94. The van der Waals surface area contributed by atoms with Gasteiger partial charge in [-0.3, -0.25) is 0 Å². The third-order valence-corrected chi connectivity index (χ3v) is 3.43. The zero-order valence-electron chi connectivity index (χ0n) is 8.63. The molecule has 0 heterocycles. The van der Waals surface area contributed by atoms with Gasteiger partial charge in [-0.15, -0.1) is 0 Å². The standard InChI is InChI=1S/C12H14F2O/c1-8-3-2-6-12(8,15)9-4-5-10(13)11(14)7-9/h4-5,7-8,15H,2-3,6H2,1H3.